The van der Waals surface area contributed by atoms with Gasteiger partial charge in [0.2, 0.25) is 0 Å². The van der Waals surface area contributed by atoms with Crippen molar-refractivity contribution in [3.8, 4) is 0 Å². The molecule has 1 aliphatic carbocycles. The van der Waals surface area contributed by atoms with Gasteiger partial charge in [-0.25, -0.2) is 4.79 Å². The molecule has 2 N–H and O–H groups in total. The molecule has 1 aliphatic heterocycles. The van der Waals surface area contributed by atoms with Crippen LogP contribution in [0.1, 0.15) is 39.0 Å². The molecule has 1 saturated heterocycles. The molecular weight excluding hydrogens is 204 g/mol. The SMILES string of the molecule is CCC1CCC(O)(CN2CCNC2=O)CC1. The Morgan fingerprint density at radius 2 is 2.19 bits per heavy atom. The Morgan fingerprint density at radius 3 is 2.69 bits per heavy atom. The number of amides is 2. The average Bonchev–Trinajstić information content (AvgIpc) is 2.65. The molecule has 0 aromatic rings. The van der Waals surface area contributed by atoms with Gasteiger partial charge in [0.1, 0.15) is 0 Å². The Balaban J connectivity index is 1.86. The predicted molar refractivity (Wildman–Crippen MR) is 62.2 cm³/mol. The summed E-state index contributed by atoms with van der Waals surface area (Å²) in [6, 6.07) is -0.0222. The highest BCUT2D eigenvalue weighted by Gasteiger charge is 2.36. The second-order valence-electron chi connectivity index (χ2n) is 5.23. The van der Waals surface area contributed by atoms with E-state index in [0.29, 0.717) is 13.1 Å². The van der Waals surface area contributed by atoms with Gasteiger partial charge in [-0.1, -0.05) is 13.3 Å². The minimum absolute atomic E-state index is 0.0222. The molecule has 0 aromatic carbocycles. The van der Waals surface area contributed by atoms with Gasteiger partial charge in [-0.2, -0.15) is 0 Å². The summed E-state index contributed by atoms with van der Waals surface area (Å²) < 4.78 is 0. The highest BCUT2D eigenvalue weighted by atomic mass is 16.3. The molecular formula is C12H22N2O2. The van der Waals surface area contributed by atoms with Crippen LogP contribution in [-0.4, -0.2) is 41.3 Å². The molecule has 0 atom stereocenters. The summed E-state index contributed by atoms with van der Waals surface area (Å²) >= 11 is 0. The summed E-state index contributed by atoms with van der Waals surface area (Å²) in [6.07, 6.45) is 5.09. The third kappa shape index (κ3) is 2.48. The van der Waals surface area contributed by atoms with E-state index < -0.39 is 5.60 Å². The number of nitrogens with one attached hydrogen (secondary N) is 1. The van der Waals surface area contributed by atoms with Gasteiger partial charge in [-0.05, 0) is 31.6 Å². The molecule has 4 heteroatoms. The van der Waals surface area contributed by atoms with Gasteiger partial charge in [0.05, 0.1) is 12.1 Å². The van der Waals surface area contributed by atoms with Crippen molar-refractivity contribution in [3.05, 3.63) is 0 Å². The fraction of sp³-hybridized carbons (Fsp3) is 0.917. The number of hydrogen-bond donors (Lipinski definition) is 2. The van der Waals surface area contributed by atoms with Crippen molar-refractivity contribution >= 4 is 6.03 Å². The maximum Gasteiger partial charge on any atom is 0.317 e. The summed E-state index contributed by atoms with van der Waals surface area (Å²) in [4.78, 5) is 13.2. The lowest BCUT2D eigenvalue weighted by Gasteiger charge is -2.38. The molecule has 0 unspecified atom stereocenters. The van der Waals surface area contributed by atoms with E-state index in [9.17, 15) is 9.90 Å². The van der Waals surface area contributed by atoms with Crippen molar-refractivity contribution in [3.63, 3.8) is 0 Å². The van der Waals surface area contributed by atoms with Crippen LogP contribution in [0.3, 0.4) is 0 Å². The minimum atomic E-state index is -0.632. The zero-order valence-electron chi connectivity index (χ0n) is 10.0. The lowest BCUT2D eigenvalue weighted by molar-refractivity contribution is -0.0261. The van der Waals surface area contributed by atoms with Crippen LogP contribution in [0, 0.1) is 5.92 Å². The van der Waals surface area contributed by atoms with Crippen molar-refractivity contribution in [2.45, 2.75) is 44.6 Å². The molecule has 2 aliphatic rings. The molecule has 1 saturated carbocycles. The molecule has 16 heavy (non-hydrogen) atoms. The van der Waals surface area contributed by atoms with Gasteiger partial charge >= 0.3 is 6.03 Å². The standard InChI is InChI=1S/C12H22N2O2/c1-2-10-3-5-12(16,6-4-10)9-14-8-7-13-11(14)15/h10,16H,2-9H2,1H3,(H,13,15). The summed E-state index contributed by atoms with van der Waals surface area (Å²) in [5, 5.41) is 13.2. The normalized spacial score (nSPS) is 35.2. The first-order chi connectivity index (χ1) is 7.63. The summed E-state index contributed by atoms with van der Waals surface area (Å²) in [5.74, 6) is 0.771. The number of rotatable bonds is 3. The zero-order chi connectivity index (χ0) is 11.6. The van der Waals surface area contributed by atoms with Gasteiger partial charge in [0, 0.05) is 13.1 Å². The molecule has 0 spiro atoms. The third-order valence-electron chi connectivity index (χ3n) is 4.04. The van der Waals surface area contributed by atoms with Crippen LogP contribution < -0.4 is 5.32 Å². The maximum atomic E-state index is 11.4. The van der Waals surface area contributed by atoms with Crippen molar-refractivity contribution in [2.75, 3.05) is 19.6 Å². The number of hydrogen-bond acceptors (Lipinski definition) is 2. The summed E-state index contributed by atoms with van der Waals surface area (Å²) in [5.41, 5.74) is -0.632. The highest BCUT2D eigenvalue weighted by Crippen LogP contribution is 2.34. The van der Waals surface area contributed by atoms with E-state index in [1.807, 2.05) is 0 Å². The van der Waals surface area contributed by atoms with Crippen LogP contribution in [0.5, 0.6) is 0 Å². The van der Waals surface area contributed by atoms with Crippen LogP contribution in [-0.2, 0) is 0 Å². The third-order valence-corrected chi connectivity index (χ3v) is 4.04. The number of urea groups is 1. The molecule has 1 heterocycles. The second-order valence-corrected chi connectivity index (χ2v) is 5.23. The van der Waals surface area contributed by atoms with Gasteiger partial charge in [0.15, 0.2) is 0 Å². The number of carbonyl (C=O) groups is 1. The molecule has 92 valence electrons. The second kappa shape index (κ2) is 4.62. The van der Waals surface area contributed by atoms with Gasteiger partial charge in [0.25, 0.3) is 0 Å². The van der Waals surface area contributed by atoms with Crippen LogP contribution in [0.4, 0.5) is 4.79 Å². The van der Waals surface area contributed by atoms with E-state index in [1.165, 1.54) is 6.42 Å². The van der Waals surface area contributed by atoms with Crippen molar-refractivity contribution in [1.82, 2.24) is 10.2 Å². The first-order valence-corrected chi connectivity index (χ1v) is 6.38. The van der Waals surface area contributed by atoms with Crippen LogP contribution in [0.15, 0.2) is 0 Å². The Morgan fingerprint density at radius 1 is 1.50 bits per heavy atom. The Kier molecular flexibility index (Phi) is 3.38. The van der Waals surface area contributed by atoms with Crippen LogP contribution >= 0.6 is 0 Å². The van der Waals surface area contributed by atoms with E-state index >= 15 is 0 Å². The molecule has 2 fully saturated rings. The zero-order valence-corrected chi connectivity index (χ0v) is 10.0. The van der Waals surface area contributed by atoms with Gasteiger partial charge < -0.3 is 15.3 Å². The Hall–Kier alpha value is -0.770. The lowest BCUT2D eigenvalue weighted by Crippen LogP contribution is -2.46. The smallest absolute Gasteiger partial charge is 0.317 e. The van der Waals surface area contributed by atoms with E-state index in [0.717, 1.165) is 38.1 Å². The summed E-state index contributed by atoms with van der Waals surface area (Å²) in [7, 11) is 0. The number of aliphatic hydroxyl groups is 1. The fourth-order valence-corrected chi connectivity index (χ4v) is 2.80. The summed E-state index contributed by atoms with van der Waals surface area (Å²) in [6.45, 7) is 4.17. The topological polar surface area (TPSA) is 52.6 Å². The van der Waals surface area contributed by atoms with Crippen molar-refractivity contribution in [2.24, 2.45) is 5.92 Å². The molecule has 4 nitrogen and oxygen atoms in total. The Bertz CT molecular complexity index is 260. The lowest BCUT2D eigenvalue weighted by atomic mass is 9.77. The van der Waals surface area contributed by atoms with E-state index in [2.05, 4.69) is 12.2 Å². The van der Waals surface area contributed by atoms with Crippen LogP contribution in [0.2, 0.25) is 0 Å². The van der Waals surface area contributed by atoms with E-state index in [1.54, 1.807) is 4.90 Å². The van der Waals surface area contributed by atoms with Gasteiger partial charge in [-0.3, -0.25) is 0 Å². The van der Waals surface area contributed by atoms with Crippen LogP contribution in [0.25, 0.3) is 0 Å². The van der Waals surface area contributed by atoms with Crippen molar-refractivity contribution in [1.29, 1.82) is 0 Å². The molecule has 0 aromatic heterocycles. The minimum Gasteiger partial charge on any atom is -0.388 e. The number of nitrogens with zero attached hydrogens (tertiary/aromatic N) is 1. The van der Waals surface area contributed by atoms with E-state index in [4.69, 9.17) is 0 Å². The van der Waals surface area contributed by atoms with Gasteiger partial charge in [-0.15, -0.1) is 0 Å². The van der Waals surface area contributed by atoms with E-state index in [-0.39, 0.29) is 6.03 Å². The predicted octanol–water partition coefficient (Wildman–Crippen LogP) is 1.34. The average molecular weight is 226 g/mol. The Labute approximate surface area is 97.0 Å². The molecule has 0 radical (unpaired) electrons. The maximum absolute atomic E-state index is 11.4. The van der Waals surface area contributed by atoms with Crippen molar-refractivity contribution < 1.29 is 9.90 Å². The quantitative estimate of drug-likeness (QED) is 0.763. The first kappa shape index (κ1) is 11.7. The monoisotopic (exact) mass is 226 g/mol. The number of β-amino-alcohol motifs (C(OH)–C–C–N with tert-alkyl or cyclic N) is 1. The first-order valence-electron chi connectivity index (χ1n) is 6.38. The molecule has 2 rings (SSSR count). The number of carbonyl (C=O) groups excluding carboxylic acids is 1. The molecule has 0 bridgehead atoms. The molecule has 2 amide bonds. The highest BCUT2D eigenvalue weighted by molar-refractivity contribution is 5.76. The fourth-order valence-electron chi connectivity index (χ4n) is 2.80. The largest absolute Gasteiger partial charge is 0.388 e.